The van der Waals surface area contributed by atoms with E-state index in [1.807, 2.05) is 19.9 Å². The highest BCUT2D eigenvalue weighted by molar-refractivity contribution is 6.17. The number of methoxy groups -OCH3 is 1. The Labute approximate surface area is 113 Å². The van der Waals surface area contributed by atoms with Gasteiger partial charge in [-0.25, -0.2) is 0 Å². The van der Waals surface area contributed by atoms with Crippen molar-refractivity contribution >= 4 is 17.5 Å². The number of halogens is 1. The van der Waals surface area contributed by atoms with Gasteiger partial charge in [0.2, 0.25) is 0 Å². The highest BCUT2D eigenvalue weighted by atomic mass is 35.5. The molecule has 5 heteroatoms. The van der Waals surface area contributed by atoms with Gasteiger partial charge in [0.1, 0.15) is 0 Å². The van der Waals surface area contributed by atoms with Crippen LogP contribution in [0.2, 0.25) is 0 Å². The quantitative estimate of drug-likeness (QED) is 0.805. The number of aryl methyl sites for hydroxylation is 2. The van der Waals surface area contributed by atoms with Crippen molar-refractivity contribution in [3.8, 4) is 0 Å². The molecule has 0 spiro atoms. The third-order valence-corrected chi connectivity index (χ3v) is 2.85. The Morgan fingerprint density at radius 1 is 1.50 bits per heavy atom. The lowest BCUT2D eigenvalue weighted by Crippen LogP contribution is -2.38. The third kappa shape index (κ3) is 4.27. The van der Waals surface area contributed by atoms with Gasteiger partial charge in [0.25, 0.3) is 5.91 Å². The third-order valence-electron chi connectivity index (χ3n) is 2.63. The molecule has 0 radical (unpaired) electrons. The van der Waals surface area contributed by atoms with E-state index in [0.29, 0.717) is 24.5 Å². The molecule has 18 heavy (non-hydrogen) atoms. The molecule has 0 bridgehead atoms. The molecule has 1 unspecified atom stereocenters. The van der Waals surface area contributed by atoms with Crippen molar-refractivity contribution in [2.75, 3.05) is 19.6 Å². The summed E-state index contributed by atoms with van der Waals surface area (Å²) in [7, 11) is 1.60. The molecule has 1 atom stereocenters. The zero-order valence-corrected chi connectivity index (χ0v) is 11.8. The van der Waals surface area contributed by atoms with Crippen LogP contribution in [0.5, 0.6) is 0 Å². The van der Waals surface area contributed by atoms with Gasteiger partial charge in [-0.2, -0.15) is 0 Å². The first-order valence-corrected chi connectivity index (χ1v) is 6.42. The number of aromatic nitrogens is 1. The molecule has 1 rings (SSSR count). The summed E-state index contributed by atoms with van der Waals surface area (Å²) in [5.41, 5.74) is 2.23. The van der Waals surface area contributed by atoms with E-state index in [2.05, 4.69) is 10.3 Å². The van der Waals surface area contributed by atoms with Crippen molar-refractivity contribution in [3.63, 3.8) is 0 Å². The number of nitrogens with one attached hydrogen (secondary N) is 1. The molecule has 0 aliphatic rings. The molecule has 1 aromatic rings. The van der Waals surface area contributed by atoms with E-state index in [1.165, 1.54) is 0 Å². The maximum absolute atomic E-state index is 12.1. The summed E-state index contributed by atoms with van der Waals surface area (Å²) < 4.78 is 5.05. The predicted molar refractivity (Wildman–Crippen MR) is 72.2 cm³/mol. The second kappa shape index (κ2) is 7.34. The Kier molecular flexibility index (Phi) is 6.09. The number of rotatable bonds is 6. The minimum Gasteiger partial charge on any atom is -0.383 e. The number of hydrogen-bond donors (Lipinski definition) is 1. The summed E-state index contributed by atoms with van der Waals surface area (Å²) in [4.78, 5) is 16.4. The molecule has 1 aromatic heterocycles. The highest BCUT2D eigenvalue weighted by Crippen LogP contribution is 2.07. The summed E-state index contributed by atoms with van der Waals surface area (Å²) in [5.74, 6) is 0.353. The maximum atomic E-state index is 12.1. The van der Waals surface area contributed by atoms with Gasteiger partial charge in [-0.1, -0.05) is 0 Å². The standard InChI is InChI=1S/C13H19ClN2O2/c1-9-4-5-12(10(2)15-9)13(17)16-11(6-7-14)8-18-3/h4-5,11H,6-8H2,1-3H3,(H,16,17). The van der Waals surface area contributed by atoms with Crippen molar-refractivity contribution in [1.29, 1.82) is 0 Å². The smallest absolute Gasteiger partial charge is 0.253 e. The average molecular weight is 271 g/mol. The lowest BCUT2D eigenvalue weighted by atomic mass is 10.1. The summed E-state index contributed by atoms with van der Waals surface area (Å²) in [5, 5.41) is 2.91. The SMILES string of the molecule is COCC(CCCl)NC(=O)c1ccc(C)nc1C. The summed E-state index contributed by atoms with van der Waals surface area (Å²) >= 11 is 5.69. The Balaban J connectivity index is 2.73. The van der Waals surface area contributed by atoms with Crippen molar-refractivity contribution in [1.82, 2.24) is 10.3 Å². The van der Waals surface area contributed by atoms with Crippen LogP contribution < -0.4 is 5.32 Å². The average Bonchev–Trinajstić information content (AvgIpc) is 2.29. The Morgan fingerprint density at radius 3 is 2.78 bits per heavy atom. The monoisotopic (exact) mass is 270 g/mol. The van der Waals surface area contributed by atoms with Crippen LogP contribution >= 0.6 is 11.6 Å². The maximum Gasteiger partial charge on any atom is 0.253 e. The van der Waals surface area contributed by atoms with Gasteiger partial charge in [0.05, 0.1) is 23.9 Å². The normalized spacial score (nSPS) is 12.2. The first-order chi connectivity index (χ1) is 8.58. The molecule has 0 aliphatic heterocycles. The molecule has 4 nitrogen and oxygen atoms in total. The van der Waals surface area contributed by atoms with Crippen LogP contribution in [0.1, 0.15) is 28.2 Å². The molecule has 1 N–H and O–H groups in total. The zero-order chi connectivity index (χ0) is 13.5. The van der Waals surface area contributed by atoms with Crippen LogP contribution in [0.25, 0.3) is 0 Å². The van der Waals surface area contributed by atoms with Gasteiger partial charge < -0.3 is 10.1 Å². The number of nitrogens with zero attached hydrogens (tertiary/aromatic N) is 1. The van der Waals surface area contributed by atoms with Gasteiger partial charge in [0, 0.05) is 18.7 Å². The fourth-order valence-electron chi connectivity index (χ4n) is 1.72. The van der Waals surface area contributed by atoms with E-state index in [1.54, 1.807) is 13.2 Å². The van der Waals surface area contributed by atoms with Crippen molar-refractivity contribution in [2.24, 2.45) is 0 Å². The first kappa shape index (κ1) is 14.9. The van der Waals surface area contributed by atoms with E-state index < -0.39 is 0 Å². The number of ether oxygens (including phenoxy) is 1. The van der Waals surface area contributed by atoms with Crippen molar-refractivity contribution in [2.45, 2.75) is 26.3 Å². The van der Waals surface area contributed by atoms with E-state index in [9.17, 15) is 4.79 Å². The van der Waals surface area contributed by atoms with E-state index in [4.69, 9.17) is 16.3 Å². The van der Waals surface area contributed by atoms with Gasteiger partial charge >= 0.3 is 0 Å². The molecule has 1 amide bonds. The van der Waals surface area contributed by atoms with E-state index in [0.717, 1.165) is 11.4 Å². The van der Waals surface area contributed by atoms with Crippen molar-refractivity contribution < 1.29 is 9.53 Å². The van der Waals surface area contributed by atoms with E-state index in [-0.39, 0.29) is 11.9 Å². The Bertz CT molecular complexity index is 404. The van der Waals surface area contributed by atoms with Gasteiger partial charge in [-0.15, -0.1) is 11.6 Å². The van der Waals surface area contributed by atoms with Crippen LogP contribution in [0.4, 0.5) is 0 Å². The molecule has 0 aliphatic carbocycles. The fraction of sp³-hybridized carbons (Fsp3) is 0.538. The molecule has 100 valence electrons. The van der Waals surface area contributed by atoms with Gasteiger partial charge in [0.15, 0.2) is 0 Å². The Morgan fingerprint density at radius 2 is 2.22 bits per heavy atom. The minimum atomic E-state index is -0.132. The van der Waals surface area contributed by atoms with Gasteiger partial charge in [-0.05, 0) is 32.4 Å². The second-order valence-electron chi connectivity index (χ2n) is 4.19. The molecule has 1 heterocycles. The summed E-state index contributed by atoms with van der Waals surface area (Å²) in [6.45, 7) is 4.18. The number of pyridine rings is 1. The molecule has 0 aromatic carbocycles. The fourth-order valence-corrected chi connectivity index (χ4v) is 1.98. The number of alkyl halides is 1. The number of carbonyl (C=O) groups excluding carboxylic acids is 1. The van der Waals surface area contributed by atoms with Crippen LogP contribution in [0, 0.1) is 13.8 Å². The highest BCUT2D eigenvalue weighted by Gasteiger charge is 2.15. The lowest BCUT2D eigenvalue weighted by molar-refractivity contribution is 0.0894. The zero-order valence-electron chi connectivity index (χ0n) is 11.0. The molecular formula is C13H19ClN2O2. The van der Waals surface area contributed by atoms with Crippen LogP contribution in [-0.2, 0) is 4.74 Å². The van der Waals surface area contributed by atoms with Crippen LogP contribution in [0.15, 0.2) is 12.1 Å². The van der Waals surface area contributed by atoms with Crippen LogP contribution in [0.3, 0.4) is 0 Å². The Hall–Kier alpha value is -1.13. The largest absolute Gasteiger partial charge is 0.383 e. The predicted octanol–water partition coefficient (Wildman–Crippen LogP) is 2.07. The molecule has 0 saturated heterocycles. The molecule has 0 saturated carbocycles. The number of carbonyl (C=O) groups is 1. The minimum absolute atomic E-state index is 0.0688. The number of hydrogen-bond acceptors (Lipinski definition) is 3. The van der Waals surface area contributed by atoms with E-state index >= 15 is 0 Å². The van der Waals surface area contributed by atoms with Crippen LogP contribution in [-0.4, -0.2) is 36.5 Å². The summed E-state index contributed by atoms with van der Waals surface area (Å²) in [6, 6.07) is 3.55. The molecule has 0 fully saturated rings. The van der Waals surface area contributed by atoms with Gasteiger partial charge in [-0.3, -0.25) is 9.78 Å². The first-order valence-electron chi connectivity index (χ1n) is 5.88. The lowest BCUT2D eigenvalue weighted by Gasteiger charge is -2.17. The topological polar surface area (TPSA) is 51.2 Å². The summed E-state index contributed by atoms with van der Waals surface area (Å²) in [6.07, 6.45) is 0.680. The second-order valence-corrected chi connectivity index (χ2v) is 4.57. The van der Waals surface area contributed by atoms with Crippen molar-refractivity contribution in [3.05, 3.63) is 29.1 Å². The number of amides is 1. The molecular weight excluding hydrogens is 252 g/mol.